The Labute approximate surface area is 126 Å². The van der Waals surface area contributed by atoms with E-state index in [1.165, 1.54) is 0 Å². The third-order valence-corrected chi connectivity index (χ3v) is 4.33. The van der Waals surface area contributed by atoms with Gasteiger partial charge in [-0.05, 0) is 30.3 Å². The number of nitrogens with one attached hydrogen (secondary N) is 1. The third kappa shape index (κ3) is 4.28. The fraction of sp³-hybridized carbons (Fsp3) is 0.214. The summed E-state index contributed by atoms with van der Waals surface area (Å²) in [6, 6.07) is 8.86. The first-order chi connectivity index (χ1) is 10.3. The molecule has 22 heavy (non-hydrogen) atoms. The van der Waals surface area contributed by atoms with Crippen molar-refractivity contribution in [3.05, 3.63) is 59.9 Å². The molecule has 0 amide bonds. The topological polar surface area (TPSA) is 59.1 Å². The summed E-state index contributed by atoms with van der Waals surface area (Å²) in [5.74, 6) is 0. The average molecular weight is 330 g/mol. The number of halogens is 3. The normalized spacial score (nSPS) is 12.3. The monoisotopic (exact) mass is 330 g/mol. The summed E-state index contributed by atoms with van der Waals surface area (Å²) in [5, 5.41) is 0. The van der Waals surface area contributed by atoms with Gasteiger partial charge in [-0.15, -0.1) is 0 Å². The van der Waals surface area contributed by atoms with Crippen LogP contribution < -0.4 is 4.72 Å². The molecule has 0 spiro atoms. The number of sulfonamides is 1. The molecule has 0 aliphatic rings. The average Bonchev–Trinajstić information content (AvgIpc) is 2.47. The van der Waals surface area contributed by atoms with Gasteiger partial charge in [-0.3, -0.25) is 4.98 Å². The van der Waals surface area contributed by atoms with Crippen LogP contribution in [0.5, 0.6) is 0 Å². The van der Waals surface area contributed by atoms with Crippen LogP contribution >= 0.6 is 0 Å². The predicted octanol–water partition coefficient (Wildman–Crippen LogP) is 2.62. The highest BCUT2D eigenvalue weighted by atomic mass is 32.2. The molecule has 2 aromatic rings. The molecule has 1 aromatic carbocycles. The Morgan fingerprint density at radius 2 is 1.86 bits per heavy atom. The van der Waals surface area contributed by atoms with Crippen molar-refractivity contribution in [3.8, 4) is 0 Å². The van der Waals surface area contributed by atoms with E-state index in [-0.39, 0.29) is 6.54 Å². The maximum atomic E-state index is 12.6. The van der Waals surface area contributed by atoms with Crippen molar-refractivity contribution in [3.63, 3.8) is 0 Å². The standard InChI is InChI=1S/C14H13F3N2O2S/c15-14(16,17)11-4-3-6-13(10-11)22(20,21)19-9-7-12-5-1-2-8-18-12/h1-6,8,10,19H,7,9H2. The lowest BCUT2D eigenvalue weighted by atomic mass is 10.2. The summed E-state index contributed by atoms with van der Waals surface area (Å²) >= 11 is 0. The lowest BCUT2D eigenvalue weighted by Gasteiger charge is -2.10. The van der Waals surface area contributed by atoms with Crippen LogP contribution in [0, 0.1) is 0 Å². The van der Waals surface area contributed by atoms with Gasteiger partial charge in [0.15, 0.2) is 0 Å². The predicted molar refractivity (Wildman–Crippen MR) is 74.6 cm³/mol. The van der Waals surface area contributed by atoms with Gasteiger partial charge in [0.25, 0.3) is 0 Å². The number of pyridine rings is 1. The zero-order chi connectivity index (χ0) is 16.2. The fourth-order valence-corrected chi connectivity index (χ4v) is 2.86. The smallest absolute Gasteiger partial charge is 0.261 e. The van der Waals surface area contributed by atoms with E-state index in [0.29, 0.717) is 18.2 Å². The fourth-order valence-electron chi connectivity index (χ4n) is 1.78. The van der Waals surface area contributed by atoms with Crippen molar-refractivity contribution < 1.29 is 21.6 Å². The van der Waals surface area contributed by atoms with E-state index < -0.39 is 26.7 Å². The Kier molecular flexibility index (Phi) is 4.82. The molecule has 1 N–H and O–H groups in total. The van der Waals surface area contributed by atoms with Gasteiger partial charge in [-0.25, -0.2) is 13.1 Å². The highest BCUT2D eigenvalue weighted by molar-refractivity contribution is 7.89. The van der Waals surface area contributed by atoms with E-state index >= 15 is 0 Å². The minimum absolute atomic E-state index is 0.0512. The molecule has 0 saturated carbocycles. The molecule has 0 aliphatic carbocycles. The van der Waals surface area contributed by atoms with Crippen molar-refractivity contribution in [2.24, 2.45) is 0 Å². The number of rotatable bonds is 5. The van der Waals surface area contributed by atoms with Gasteiger partial charge in [0.05, 0.1) is 10.5 Å². The molecular formula is C14H13F3N2O2S. The molecule has 8 heteroatoms. The summed E-state index contributed by atoms with van der Waals surface area (Å²) in [6.07, 6.45) is -2.66. The molecule has 0 bridgehead atoms. The van der Waals surface area contributed by atoms with Gasteiger partial charge in [0.2, 0.25) is 10.0 Å². The van der Waals surface area contributed by atoms with E-state index in [1.54, 1.807) is 24.4 Å². The number of hydrogen-bond donors (Lipinski definition) is 1. The lowest BCUT2D eigenvalue weighted by Crippen LogP contribution is -2.26. The van der Waals surface area contributed by atoms with Crippen LogP contribution in [0.1, 0.15) is 11.3 Å². The number of nitrogens with zero attached hydrogens (tertiary/aromatic N) is 1. The molecule has 4 nitrogen and oxygen atoms in total. The van der Waals surface area contributed by atoms with Gasteiger partial charge in [-0.2, -0.15) is 13.2 Å². The quantitative estimate of drug-likeness (QED) is 0.917. The molecule has 118 valence electrons. The van der Waals surface area contributed by atoms with Gasteiger partial charge < -0.3 is 0 Å². The van der Waals surface area contributed by atoms with E-state index in [1.807, 2.05) is 0 Å². The number of alkyl halides is 3. The van der Waals surface area contributed by atoms with E-state index in [4.69, 9.17) is 0 Å². The van der Waals surface area contributed by atoms with Crippen LogP contribution in [0.15, 0.2) is 53.6 Å². The van der Waals surface area contributed by atoms with Crippen LogP contribution in [-0.2, 0) is 22.6 Å². The van der Waals surface area contributed by atoms with Crippen molar-refractivity contribution in [2.75, 3.05) is 6.54 Å². The second-order valence-electron chi connectivity index (χ2n) is 4.49. The molecule has 0 unspecified atom stereocenters. The number of benzene rings is 1. The van der Waals surface area contributed by atoms with Crippen LogP contribution in [-0.4, -0.2) is 19.9 Å². The maximum absolute atomic E-state index is 12.6. The zero-order valence-electron chi connectivity index (χ0n) is 11.3. The Bertz CT molecular complexity index is 731. The van der Waals surface area contributed by atoms with Crippen molar-refractivity contribution >= 4 is 10.0 Å². The van der Waals surface area contributed by atoms with E-state index in [0.717, 1.165) is 18.2 Å². The lowest BCUT2D eigenvalue weighted by molar-refractivity contribution is -0.137. The maximum Gasteiger partial charge on any atom is 0.416 e. The zero-order valence-corrected chi connectivity index (χ0v) is 12.2. The third-order valence-electron chi connectivity index (χ3n) is 2.87. The highest BCUT2D eigenvalue weighted by Gasteiger charge is 2.31. The van der Waals surface area contributed by atoms with Crippen LogP contribution in [0.25, 0.3) is 0 Å². The van der Waals surface area contributed by atoms with E-state index in [2.05, 4.69) is 9.71 Å². The minimum atomic E-state index is -4.58. The van der Waals surface area contributed by atoms with Crippen molar-refractivity contribution in [2.45, 2.75) is 17.5 Å². The van der Waals surface area contributed by atoms with E-state index in [9.17, 15) is 21.6 Å². The van der Waals surface area contributed by atoms with Gasteiger partial charge in [0.1, 0.15) is 0 Å². The van der Waals surface area contributed by atoms with Crippen LogP contribution in [0.3, 0.4) is 0 Å². The summed E-state index contributed by atoms with van der Waals surface area (Å²) in [5.41, 5.74) is -0.311. The number of hydrogen-bond acceptors (Lipinski definition) is 3. The van der Waals surface area contributed by atoms with Crippen LogP contribution in [0.4, 0.5) is 13.2 Å². The largest absolute Gasteiger partial charge is 0.416 e. The molecule has 1 heterocycles. The molecule has 0 radical (unpaired) electrons. The first-order valence-corrected chi connectivity index (χ1v) is 7.84. The van der Waals surface area contributed by atoms with Gasteiger partial charge in [0, 0.05) is 24.9 Å². The molecular weight excluding hydrogens is 317 g/mol. The molecule has 0 aliphatic heterocycles. The molecule has 0 atom stereocenters. The van der Waals surface area contributed by atoms with Crippen molar-refractivity contribution in [1.29, 1.82) is 0 Å². The molecule has 1 aromatic heterocycles. The Morgan fingerprint density at radius 3 is 2.50 bits per heavy atom. The first kappa shape index (κ1) is 16.4. The highest BCUT2D eigenvalue weighted by Crippen LogP contribution is 2.30. The second-order valence-corrected chi connectivity index (χ2v) is 6.26. The van der Waals surface area contributed by atoms with Gasteiger partial charge >= 0.3 is 6.18 Å². The summed E-state index contributed by atoms with van der Waals surface area (Å²) < 4.78 is 64.1. The molecule has 0 saturated heterocycles. The Balaban J connectivity index is 2.07. The summed E-state index contributed by atoms with van der Waals surface area (Å²) in [7, 11) is -3.99. The minimum Gasteiger partial charge on any atom is -0.261 e. The Hall–Kier alpha value is -1.93. The van der Waals surface area contributed by atoms with Crippen LogP contribution in [0.2, 0.25) is 0 Å². The summed E-state index contributed by atoms with van der Waals surface area (Å²) in [4.78, 5) is 3.62. The first-order valence-electron chi connectivity index (χ1n) is 6.36. The summed E-state index contributed by atoms with van der Waals surface area (Å²) in [6.45, 7) is 0.0512. The number of aromatic nitrogens is 1. The molecule has 0 fully saturated rings. The molecule has 2 rings (SSSR count). The Morgan fingerprint density at radius 1 is 1.09 bits per heavy atom. The van der Waals surface area contributed by atoms with Crippen molar-refractivity contribution in [1.82, 2.24) is 9.71 Å². The SMILES string of the molecule is O=S(=O)(NCCc1ccccn1)c1cccc(C(F)(F)F)c1. The van der Waals surface area contributed by atoms with Gasteiger partial charge in [-0.1, -0.05) is 12.1 Å². The second kappa shape index (κ2) is 6.45.